The van der Waals surface area contributed by atoms with Crippen molar-refractivity contribution in [1.29, 1.82) is 0 Å². The number of nitrogens with one attached hydrogen (secondary N) is 1. The molecule has 1 aromatic carbocycles. The minimum absolute atomic E-state index is 0.0687. The molecule has 4 N–H and O–H groups in total. The molecule has 0 radical (unpaired) electrons. The number of amides is 1. The highest BCUT2D eigenvalue weighted by Crippen LogP contribution is 2.15. The summed E-state index contributed by atoms with van der Waals surface area (Å²) in [6.45, 7) is 2.63. The zero-order chi connectivity index (χ0) is 19.0. The van der Waals surface area contributed by atoms with E-state index in [9.17, 15) is 19.2 Å². The largest absolute Gasteiger partial charge is 0.480 e. The monoisotopic (exact) mass is 368 g/mol. The van der Waals surface area contributed by atoms with Crippen molar-refractivity contribution in [2.75, 3.05) is 5.75 Å². The Morgan fingerprint density at radius 2 is 1.80 bits per heavy atom. The van der Waals surface area contributed by atoms with Gasteiger partial charge in [-0.3, -0.25) is 14.4 Å². The van der Waals surface area contributed by atoms with Gasteiger partial charge in [-0.15, -0.1) is 0 Å². The lowest BCUT2D eigenvalue weighted by Gasteiger charge is -2.16. The van der Waals surface area contributed by atoms with E-state index in [4.69, 9.17) is 15.6 Å². The Balaban J connectivity index is 2.70. The van der Waals surface area contributed by atoms with Crippen molar-refractivity contribution >= 4 is 34.7 Å². The van der Waals surface area contributed by atoms with Crippen LogP contribution in [0.4, 0.5) is 0 Å². The molecular formula is C16H20N2O6S. The van der Waals surface area contributed by atoms with Crippen molar-refractivity contribution in [2.45, 2.75) is 32.4 Å². The van der Waals surface area contributed by atoms with Gasteiger partial charge in [0.2, 0.25) is 5.91 Å². The number of ether oxygens (including phenoxy) is 1. The summed E-state index contributed by atoms with van der Waals surface area (Å²) in [6, 6.07) is 4.24. The van der Waals surface area contributed by atoms with E-state index in [0.29, 0.717) is 5.56 Å². The third kappa shape index (κ3) is 7.81. The summed E-state index contributed by atoms with van der Waals surface area (Å²) >= 11 is 0.908. The molecule has 8 nitrogen and oxygen atoms in total. The average Bonchev–Trinajstić information content (AvgIpc) is 2.52. The van der Waals surface area contributed by atoms with Crippen LogP contribution in [0.15, 0.2) is 24.3 Å². The third-order valence-electron chi connectivity index (χ3n) is 3.03. The van der Waals surface area contributed by atoms with Crippen LogP contribution in [0.5, 0.6) is 5.75 Å². The van der Waals surface area contributed by atoms with Crippen molar-refractivity contribution < 1.29 is 29.0 Å². The Labute approximate surface area is 149 Å². The minimum atomic E-state index is -1.10. The number of rotatable bonds is 8. The first-order valence-corrected chi connectivity index (χ1v) is 8.37. The average molecular weight is 368 g/mol. The minimum Gasteiger partial charge on any atom is -0.480 e. The van der Waals surface area contributed by atoms with Crippen LogP contribution >= 0.6 is 11.8 Å². The Bertz CT molecular complexity index is 647. The fourth-order valence-corrected chi connectivity index (χ4v) is 2.46. The number of benzene rings is 1. The lowest BCUT2D eigenvalue weighted by atomic mass is 10.1. The predicted molar refractivity (Wildman–Crippen MR) is 92.1 cm³/mol. The van der Waals surface area contributed by atoms with E-state index in [1.807, 2.05) is 0 Å². The molecule has 1 rings (SSSR count). The molecule has 0 aliphatic heterocycles. The second-order valence-corrected chi connectivity index (χ2v) is 6.47. The molecule has 0 saturated heterocycles. The van der Waals surface area contributed by atoms with E-state index in [-0.39, 0.29) is 23.0 Å². The molecule has 0 heterocycles. The lowest BCUT2D eigenvalue weighted by molar-refractivity contribution is -0.138. The Hall–Kier alpha value is -2.39. The predicted octanol–water partition coefficient (Wildman–Crippen LogP) is 0.331. The summed E-state index contributed by atoms with van der Waals surface area (Å²) in [5, 5.41) is 11.0. The second kappa shape index (κ2) is 9.80. The maximum Gasteiger partial charge on any atom is 0.334 e. The third-order valence-corrected chi connectivity index (χ3v) is 3.94. The second-order valence-electron chi connectivity index (χ2n) is 5.27. The molecule has 0 fully saturated rings. The molecule has 0 aromatic heterocycles. The number of aliphatic carboxylic acids is 1. The standard InChI is InChI=1S/C16H20N2O6S/c1-9(19)18-14(8-25-10(2)20)16(23)24-12-5-3-11(4-6-12)7-13(17)15(21)22/h3-6,13-14H,7-8,17H2,1-2H3,(H,18,19)(H,21,22). The molecule has 25 heavy (non-hydrogen) atoms. The van der Waals surface area contributed by atoms with Crippen LogP contribution in [0.2, 0.25) is 0 Å². The zero-order valence-corrected chi connectivity index (χ0v) is 14.7. The molecule has 1 amide bonds. The van der Waals surface area contributed by atoms with E-state index in [1.165, 1.54) is 26.0 Å². The van der Waals surface area contributed by atoms with Crippen LogP contribution < -0.4 is 15.8 Å². The molecule has 136 valence electrons. The Morgan fingerprint density at radius 1 is 1.20 bits per heavy atom. The van der Waals surface area contributed by atoms with Gasteiger partial charge in [-0.2, -0.15) is 0 Å². The number of carbonyl (C=O) groups is 4. The van der Waals surface area contributed by atoms with Gasteiger partial charge in [-0.1, -0.05) is 23.9 Å². The van der Waals surface area contributed by atoms with Crippen LogP contribution in [-0.2, 0) is 25.6 Å². The first-order valence-electron chi connectivity index (χ1n) is 7.38. The highest BCUT2D eigenvalue weighted by Gasteiger charge is 2.22. The number of hydrogen-bond donors (Lipinski definition) is 3. The lowest BCUT2D eigenvalue weighted by Crippen LogP contribution is -2.44. The van der Waals surface area contributed by atoms with Crippen molar-refractivity contribution in [2.24, 2.45) is 5.73 Å². The quantitative estimate of drug-likeness (QED) is 0.441. The van der Waals surface area contributed by atoms with Crippen molar-refractivity contribution in [1.82, 2.24) is 5.32 Å². The fraction of sp³-hybridized carbons (Fsp3) is 0.375. The number of esters is 1. The molecule has 2 atom stereocenters. The van der Waals surface area contributed by atoms with E-state index >= 15 is 0 Å². The van der Waals surface area contributed by atoms with Crippen LogP contribution in [0.25, 0.3) is 0 Å². The smallest absolute Gasteiger partial charge is 0.334 e. The summed E-state index contributed by atoms with van der Waals surface area (Å²) in [5.41, 5.74) is 6.14. The molecule has 2 unspecified atom stereocenters. The summed E-state index contributed by atoms with van der Waals surface area (Å²) in [4.78, 5) is 45.1. The van der Waals surface area contributed by atoms with E-state index < -0.39 is 29.9 Å². The van der Waals surface area contributed by atoms with Gasteiger partial charge in [0, 0.05) is 19.6 Å². The molecule has 1 aromatic rings. The van der Waals surface area contributed by atoms with Crippen LogP contribution in [0, 0.1) is 0 Å². The molecule has 0 saturated carbocycles. The van der Waals surface area contributed by atoms with E-state index in [1.54, 1.807) is 12.1 Å². The van der Waals surface area contributed by atoms with E-state index in [2.05, 4.69) is 5.32 Å². The van der Waals surface area contributed by atoms with Gasteiger partial charge in [0.15, 0.2) is 5.12 Å². The summed E-state index contributed by atoms with van der Waals surface area (Å²) in [7, 11) is 0. The summed E-state index contributed by atoms with van der Waals surface area (Å²) in [6.07, 6.45) is 0.146. The van der Waals surface area contributed by atoms with Crippen LogP contribution in [-0.4, -0.2) is 45.9 Å². The molecule has 0 aliphatic rings. The van der Waals surface area contributed by atoms with Gasteiger partial charge in [-0.25, -0.2) is 4.79 Å². The Kier molecular flexibility index (Phi) is 8.09. The van der Waals surface area contributed by atoms with Crippen LogP contribution in [0.1, 0.15) is 19.4 Å². The maximum atomic E-state index is 12.2. The maximum absolute atomic E-state index is 12.2. The van der Waals surface area contributed by atoms with Crippen molar-refractivity contribution in [3.63, 3.8) is 0 Å². The van der Waals surface area contributed by atoms with Gasteiger partial charge in [0.25, 0.3) is 0 Å². The van der Waals surface area contributed by atoms with E-state index in [0.717, 1.165) is 11.8 Å². The number of carboxylic acids is 1. The summed E-state index contributed by atoms with van der Waals surface area (Å²) in [5.74, 6) is -1.90. The summed E-state index contributed by atoms with van der Waals surface area (Å²) < 4.78 is 5.19. The molecule has 0 spiro atoms. The zero-order valence-electron chi connectivity index (χ0n) is 13.9. The number of hydrogen-bond acceptors (Lipinski definition) is 7. The molecule has 0 bridgehead atoms. The van der Waals surface area contributed by atoms with Gasteiger partial charge in [-0.05, 0) is 24.1 Å². The number of carboxylic acid groups (broad SMARTS) is 1. The number of nitrogens with two attached hydrogens (primary N) is 1. The topological polar surface area (TPSA) is 136 Å². The van der Waals surface area contributed by atoms with Gasteiger partial charge in [0.05, 0.1) is 0 Å². The Morgan fingerprint density at radius 3 is 2.28 bits per heavy atom. The SMILES string of the molecule is CC(=O)NC(CSC(C)=O)C(=O)Oc1ccc(CC(N)C(=O)O)cc1. The fourth-order valence-electron chi connectivity index (χ4n) is 1.84. The normalized spacial score (nSPS) is 12.8. The highest BCUT2D eigenvalue weighted by atomic mass is 32.2. The molecule has 0 aliphatic carbocycles. The highest BCUT2D eigenvalue weighted by molar-refractivity contribution is 8.13. The van der Waals surface area contributed by atoms with Crippen LogP contribution in [0.3, 0.4) is 0 Å². The molecule has 9 heteroatoms. The first-order chi connectivity index (χ1) is 11.7. The van der Waals surface area contributed by atoms with Gasteiger partial charge in [0.1, 0.15) is 17.8 Å². The number of carbonyl (C=O) groups excluding carboxylic acids is 3. The number of thioether (sulfide) groups is 1. The molecular weight excluding hydrogens is 348 g/mol. The van der Waals surface area contributed by atoms with Gasteiger partial charge < -0.3 is 20.9 Å². The first kappa shape index (κ1) is 20.7. The van der Waals surface area contributed by atoms with Gasteiger partial charge >= 0.3 is 11.9 Å². The van der Waals surface area contributed by atoms with Crippen molar-refractivity contribution in [3.8, 4) is 5.75 Å². The van der Waals surface area contributed by atoms with Crippen molar-refractivity contribution in [3.05, 3.63) is 29.8 Å².